The zero-order valence-electron chi connectivity index (χ0n) is 9.07. The standard InChI is InChI=1S/C9H17NO4/c1-7(10(12)13)5-6-8(11)14-9(2,3)4/h7H,5-6H2,1-4H3. The molecule has 0 aromatic heterocycles. The van der Waals surface area contributed by atoms with Crippen molar-refractivity contribution in [3.05, 3.63) is 10.1 Å². The zero-order chi connectivity index (χ0) is 11.4. The molecule has 5 heteroatoms. The highest BCUT2D eigenvalue weighted by Gasteiger charge is 2.19. The summed E-state index contributed by atoms with van der Waals surface area (Å²) in [6.07, 6.45) is 0.321. The second-order valence-electron chi connectivity index (χ2n) is 4.26. The topological polar surface area (TPSA) is 69.4 Å². The molecule has 0 heterocycles. The van der Waals surface area contributed by atoms with Crippen molar-refractivity contribution in [2.75, 3.05) is 0 Å². The summed E-state index contributed by atoms with van der Waals surface area (Å²) in [5.41, 5.74) is -0.519. The Labute approximate surface area is 83.6 Å². The van der Waals surface area contributed by atoms with Crippen LogP contribution in [0.4, 0.5) is 0 Å². The molecule has 0 fully saturated rings. The van der Waals surface area contributed by atoms with Crippen molar-refractivity contribution in [2.24, 2.45) is 0 Å². The average Bonchev–Trinajstić information content (AvgIpc) is 1.96. The SMILES string of the molecule is CC(CCC(=O)OC(C)(C)C)[N+](=O)[O-]. The Morgan fingerprint density at radius 1 is 1.50 bits per heavy atom. The molecule has 82 valence electrons. The van der Waals surface area contributed by atoms with Gasteiger partial charge in [0.25, 0.3) is 0 Å². The number of esters is 1. The monoisotopic (exact) mass is 203 g/mol. The molecule has 0 rings (SSSR count). The minimum absolute atomic E-state index is 0.0966. The van der Waals surface area contributed by atoms with Crippen LogP contribution in [-0.4, -0.2) is 22.5 Å². The Balaban J connectivity index is 3.81. The second-order valence-corrected chi connectivity index (χ2v) is 4.26. The maximum absolute atomic E-state index is 11.1. The van der Waals surface area contributed by atoms with Crippen LogP contribution < -0.4 is 0 Å². The molecule has 0 aliphatic heterocycles. The van der Waals surface area contributed by atoms with E-state index in [9.17, 15) is 14.9 Å². The summed E-state index contributed by atoms with van der Waals surface area (Å²) >= 11 is 0. The Kier molecular flexibility index (Phi) is 4.53. The fourth-order valence-corrected chi connectivity index (χ4v) is 0.825. The van der Waals surface area contributed by atoms with Crippen LogP contribution >= 0.6 is 0 Å². The Bertz CT molecular complexity index is 219. The molecule has 14 heavy (non-hydrogen) atoms. The molecular weight excluding hydrogens is 186 g/mol. The first kappa shape index (κ1) is 12.9. The van der Waals surface area contributed by atoms with E-state index in [1.807, 2.05) is 0 Å². The van der Waals surface area contributed by atoms with E-state index in [-0.39, 0.29) is 18.8 Å². The first-order valence-electron chi connectivity index (χ1n) is 4.57. The van der Waals surface area contributed by atoms with Gasteiger partial charge in [0.2, 0.25) is 6.04 Å². The van der Waals surface area contributed by atoms with Gasteiger partial charge >= 0.3 is 5.97 Å². The van der Waals surface area contributed by atoms with Gasteiger partial charge in [0.15, 0.2) is 0 Å². The Hall–Kier alpha value is -1.13. The third-order valence-electron chi connectivity index (χ3n) is 1.55. The van der Waals surface area contributed by atoms with E-state index in [0.29, 0.717) is 0 Å². The number of carbonyl (C=O) groups is 1. The van der Waals surface area contributed by atoms with Gasteiger partial charge < -0.3 is 4.74 Å². The summed E-state index contributed by atoms with van der Waals surface area (Å²) in [6.45, 7) is 6.77. The van der Waals surface area contributed by atoms with Gasteiger partial charge in [-0.3, -0.25) is 14.9 Å². The predicted molar refractivity (Wildman–Crippen MR) is 51.5 cm³/mol. The molecular formula is C9H17NO4. The van der Waals surface area contributed by atoms with Crippen LogP contribution in [0.25, 0.3) is 0 Å². The van der Waals surface area contributed by atoms with E-state index in [1.54, 1.807) is 20.8 Å². The Morgan fingerprint density at radius 3 is 2.36 bits per heavy atom. The molecule has 0 aromatic rings. The van der Waals surface area contributed by atoms with Gasteiger partial charge in [-0.25, -0.2) is 0 Å². The van der Waals surface area contributed by atoms with Crippen LogP contribution in [0.15, 0.2) is 0 Å². The molecule has 0 aliphatic rings. The number of hydrogen-bond donors (Lipinski definition) is 0. The molecule has 0 aliphatic carbocycles. The second kappa shape index (κ2) is 4.93. The lowest BCUT2D eigenvalue weighted by Gasteiger charge is -2.19. The third-order valence-corrected chi connectivity index (χ3v) is 1.55. The molecule has 0 saturated heterocycles. The number of ether oxygens (including phenoxy) is 1. The molecule has 0 bridgehead atoms. The van der Waals surface area contributed by atoms with Crippen LogP contribution in [0.2, 0.25) is 0 Å². The lowest BCUT2D eigenvalue weighted by molar-refractivity contribution is -0.518. The molecule has 0 amide bonds. The smallest absolute Gasteiger partial charge is 0.306 e. The number of carbonyl (C=O) groups excluding carboxylic acids is 1. The maximum Gasteiger partial charge on any atom is 0.306 e. The highest BCUT2D eigenvalue weighted by Crippen LogP contribution is 2.10. The van der Waals surface area contributed by atoms with E-state index in [2.05, 4.69) is 0 Å². The first-order chi connectivity index (χ1) is 6.22. The van der Waals surface area contributed by atoms with Crippen LogP contribution in [0.3, 0.4) is 0 Å². The lowest BCUT2D eigenvalue weighted by Crippen LogP contribution is -2.25. The molecule has 1 atom stereocenters. The molecule has 0 spiro atoms. The number of rotatable bonds is 4. The summed E-state index contributed by atoms with van der Waals surface area (Å²) in [4.78, 5) is 21.0. The van der Waals surface area contributed by atoms with Gasteiger partial charge in [0.05, 0.1) is 6.42 Å². The average molecular weight is 203 g/mol. The van der Waals surface area contributed by atoms with Gasteiger partial charge in [0, 0.05) is 18.3 Å². The van der Waals surface area contributed by atoms with Gasteiger partial charge in [-0.2, -0.15) is 0 Å². The van der Waals surface area contributed by atoms with Crippen molar-refractivity contribution in [1.29, 1.82) is 0 Å². The quantitative estimate of drug-likeness (QED) is 0.396. The van der Waals surface area contributed by atoms with Crippen molar-refractivity contribution in [3.8, 4) is 0 Å². The highest BCUT2D eigenvalue weighted by atomic mass is 16.6. The van der Waals surface area contributed by atoms with Crippen LogP contribution in [0.1, 0.15) is 40.5 Å². The molecule has 0 saturated carbocycles. The maximum atomic E-state index is 11.1. The van der Waals surface area contributed by atoms with E-state index >= 15 is 0 Å². The summed E-state index contributed by atoms with van der Waals surface area (Å²) in [6, 6.07) is -0.692. The highest BCUT2D eigenvalue weighted by molar-refractivity contribution is 5.69. The summed E-state index contributed by atoms with van der Waals surface area (Å²) < 4.78 is 5.01. The van der Waals surface area contributed by atoms with E-state index in [1.165, 1.54) is 6.92 Å². The van der Waals surface area contributed by atoms with Crippen LogP contribution in [0.5, 0.6) is 0 Å². The number of nitro groups is 1. The fraction of sp³-hybridized carbons (Fsp3) is 0.889. The molecule has 5 nitrogen and oxygen atoms in total. The minimum atomic E-state index is -0.692. The van der Waals surface area contributed by atoms with Crippen LogP contribution in [0, 0.1) is 10.1 Å². The van der Waals surface area contributed by atoms with Crippen molar-refractivity contribution in [3.63, 3.8) is 0 Å². The summed E-state index contributed by atoms with van der Waals surface area (Å²) in [5, 5.41) is 10.3. The van der Waals surface area contributed by atoms with Gasteiger partial charge in [0.1, 0.15) is 5.60 Å². The molecule has 0 aromatic carbocycles. The molecule has 1 unspecified atom stereocenters. The molecule has 0 radical (unpaired) electrons. The minimum Gasteiger partial charge on any atom is -0.460 e. The summed E-state index contributed by atoms with van der Waals surface area (Å²) in [7, 11) is 0. The molecule has 0 N–H and O–H groups in total. The largest absolute Gasteiger partial charge is 0.460 e. The van der Waals surface area contributed by atoms with Gasteiger partial charge in [-0.05, 0) is 20.8 Å². The fourth-order valence-electron chi connectivity index (χ4n) is 0.825. The van der Waals surface area contributed by atoms with Crippen molar-refractivity contribution >= 4 is 5.97 Å². The van der Waals surface area contributed by atoms with Crippen molar-refractivity contribution in [2.45, 2.75) is 52.2 Å². The van der Waals surface area contributed by atoms with E-state index in [0.717, 1.165) is 0 Å². The lowest BCUT2D eigenvalue weighted by atomic mass is 10.1. The number of nitrogens with zero attached hydrogens (tertiary/aromatic N) is 1. The van der Waals surface area contributed by atoms with E-state index in [4.69, 9.17) is 4.74 Å². The first-order valence-corrected chi connectivity index (χ1v) is 4.57. The Morgan fingerprint density at radius 2 is 2.00 bits per heavy atom. The summed E-state index contributed by atoms with van der Waals surface area (Å²) in [5.74, 6) is -0.383. The van der Waals surface area contributed by atoms with Gasteiger partial charge in [-0.15, -0.1) is 0 Å². The third kappa shape index (κ3) is 6.39. The van der Waals surface area contributed by atoms with Crippen molar-refractivity contribution < 1.29 is 14.5 Å². The van der Waals surface area contributed by atoms with E-state index < -0.39 is 16.6 Å². The van der Waals surface area contributed by atoms with Crippen LogP contribution in [-0.2, 0) is 9.53 Å². The zero-order valence-corrected chi connectivity index (χ0v) is 9.07. The predicted octanol–water partition coefficient (Wildman–Crippen LogP) is 1.77. The number of hydrogen-bond acceptors (Lipinski definition) is 4. The normalized spacial score (nSPS) is 13.4. The van der Waals surface area contributed by atoms with Gasteiger partial charge in [-0.1, -0.05) is 0 Å². The van der Waals surface area contributed by atoms with Crippen molar-refractivity contribution in [1.82, 2.24) is 0 Å².